The number of piperazine rings is 1. The third-order valence-corrected chi connectivity index (χ3v) is 6.74. The fourth-order valence-corrected chi connectivity index (χ4v) is 5.16. The molecule has 1 saturated carbocycles. The van der Waals surface area contributed by atoms with Gasteiger partial charge in [-0.05, 0) is 43.4 Å². The molecule has 7 heteroatoms. The molecule has 2 aliphatic heterocycles. The third kappa shape index (κ3) is 3.61. The zero-order chi connectivity index (χ0) is 19.9. The van der Waals surface area contributed by atoms with Crippen LogP contribution in [0.5, 0.6) is 0 Å². The minimum atomic E-state index is -0.481. The summed E-state index contributed by atoms with van der Waals surface area (Å²) in [7, 11) is 0. The second-order valence-electron chi connectivity index (χ2n) is 8.78. The van der Waals surface area contributed by atoms with Crippen molar-refractivity contribution in [3.8, 4) is 0 Å². The average molecular weight is 386 g/mol. The number of hydrogen-bond acceptors (Lipinski definition) is 5. The average Bonchev–Trinajstić information content (AvgIpc) is 3.44. The van der Waals surface area contributed by atoms with Crippen molar-refractivity contribution in [1.82, 2.24) is 15.7 Å². The largest absolute Gasteiger partial charge is 0.368 e. The number of amides is 2. The first kappa shape index (κ1) is 19.2. The van der Waals surface area contributed by atoms with Gasteiger partial charge >= 0.3 is 0 Å². The molecule has 2 amide bonds. The lowest BCUT2D eigenvalue weighted by Gasteiger charge is -2.43. The van der Waals surface area contributed by atoms with Gasteiger partial charge in [0, 0.05) is 44.0 Å². The van der Waals surface area contributed by atoms with E-state index in [0.29, 0.717) is 19.5 Å². The van der Waals surface area contributed by atoms with Crippen molar-refractivity contribution in [1.29, 1.82) is 0 Å². The first-order valence-electron chi connectivity index (χ1n) is 10.2. The molecule has 28 heavy (non-hydrogen) atoms. The van der Waals surface area contributed by atoms with Crippen LogP contribution in [-0.2, 0) is 9.59 Å². The van der Waals surface area contributed by atoms with E-state index in [2.05, 4.69) is 48.3 Å². The van der Waals surface area contributed by atoms with Crippen LogP contribution < -0.4 is 15.7 Å². The minimum Gasteiger partial charge on any atom is -0.368 e. The lowest BCUT2D eigenvalue weighted by atomic mass is 9.67. The normalized spacial score (nSPS) is 32.3. The highest BCUT2D eigenvalue weighted by molar-refractivity contribution is 5.88. The summed E-state index contributed by atoms with van der Waals surface area (Å²) in [5, 5.41) is 12.6. The lowest BCUT2D eigenvalue weighted by molar-refractivity contribution is -0.150. The maximum absolute atomic E-state index is 13.3. The Morgan fingerprint density at radius 3 is 2.54 bits per heavy atom. The molecule has 1 spiro atoms. The Kier molecular flexibility index (Phi) is 5.05. The second kappa shape index (κ2) is 7.37. The molecular weight excluding hydrogens is 356 g/mol. The van der Waals surface area contributed by atoms with E-state index in [4.69, 9.17) is 0 Å². The predicted molar refractivity (Wildman–Crippen MR) is 106 cm³/mol. The van der Waals surface area contributed by atoms with Crippen LogP contribution in [0.1, 0.15) is 25.3 Å². The number of hydroxylamine groups is 1. The number of aryl methyl sites for hydroxylation is 1. The Labute approximate surface area is 166 Å². The first-order chi connectivity index (χ1) is 13.4. The van der Waals surface area contributed by atoms with Gasteiger partial charge in [0.1, 0.15) is 0 Å². The van der Waals surface area contributed by atoms with Gasteiger partial charge in [-0.2, -0.15) is 0 Å². The number of anilines is 1. The van der Waals surface area contributed by atoms with Gasteiger partial charge in [-0.15, -0.1) is 0 Å². The van der Waals surface area contributed by atoms with Gasteiger partial charge in [-0.25, -0.2) is 5.48 Å². The summed E-state index contributed by atoms with van der Waals surface area (Å²) in [6.07, 6.45) is 1.52. The van der Waals surface area contributed by atoms with Crippen LogP contribution in [0.2, 0.25) is 0 Å². The Morgan fingerprint density at radius 2 is 1.93 bits per heavy atom. The van der Waals surface area contributed by atoms with Gasteiger partial charge in [0.15, 0.2) is 0 Å². The highest BCUT2D eigenvalue weighted by Crippen LogP contribution is 2.45. The van der Waals surface area contributed by atoms with Gasteiger partial charge in [0.2, 0.25) is 11.8 Å². The fourth-order valence-electron chi connectivity index (χ4n) is 5.16. The van der Waals surface area contributed by atoms with Crippen molar-refractivity contribution in [2.24, 2.45) is 17.8 Å². The number of benzene rings is 1. The number of carbonyl (C=O) groups excluding carboxylic acids is 2. The zero-order valence-electron chi connectivity index (χ0n) is 16.6. The molecule has 1 aromatic rings. The maximum atomic E-state index is 13.3. The zero-order valence-corrected chi connectivity index (χ0v) is 16.6. The summed E-state index contributed by atoms with van der Waals surface area (Å²) in [6.45, 7) is 7.94. The minimum absolute atomic E-state index is 0.0166. The number of nitrogens with one attached hydrogen (secondary N) is 2. The third-order valence-electron chi connectivity index (χ3n) is 6.74. The number of nitrogens with zero attached hydrogens (tertiary/aromatic N) is 2. The smallest absolute Gasteiger partial charge is 0.247 e. The van der Waals surface area contributed by atoms with Gasteiger partial charge in [-0.1, -0.05) is 19.1 Å². The van der Waals surface area contributed by atoms with Gasteiger partial charge in [0.05, 0.1) is 11.8 Å². The highest BCUT2D eigenvalue weighted by Gasteiger charge is 2.55. The van der Waals surface area contributed by atoms with Crippen LogP contribution in [0.4, 0.5) is 5.69 Å². The second-order valence-corrected chi connectivity index (χ2v) is 8.78. The quantitative estimate of drug-likeness (QED) is 0.412. The standard InChI is InChI=1S/C21H30N4O3/c1-14-4-3-5-16(10-14)24-6-8-25(9-7-24)20(27)18-15(2)11-21(13-22-21)12-17(18)19(26)23-28/h3-5,10,15,17-18,22,28H,6-9,11-13H2,1-2H3,(H,23,26)/t15?,17-,18-,21?/m0/s1. The lowest BCUT2D eigenvalue weighted by Crippen LogP contribution is -2.55. The van der Waals surface area contributed by atoms with E-state index in [1.54, 1.807) is 5.48 Å². The number of carbonyl (C=O) groups is 2. The van der Waals surface area contributed by atoms with E-state index < -0.39 is 11.8 Å². The van der Waals surface area contributed by atoms with Crippen LogP contribution in [0.25, 0.3) is 0 Å². The summed E-state index contributed by atoms with van der Waals surface area (Å²) in [5.74, 6) is -1.12. The molecule has 3 aliphatic rings. The van der Waals surface area contributed by atoms with Gasteiger partial charge < -0.3 is 15.1 Å². The van der Waals surface area contributed by atoms with Crippen LogP contribution in [0.15, 0.2) is 24.3 Å². The van der Waals surface area contributed by atoms with Crippen molar-refractivity contribution < 1.29 is 14.8 Å². The predicted octanol–water partition coefficient (Wildman–Crippen LogP) is 1.15. The number of hydrogen-bond donors (Lipinski definition) is 3. The SMILES string of the molecule is Cc1cccc(N2CCN(C(=O)[C@H]3C(C)CC4(CN4)C[C@@H]3C(=O)NO)CC2)c1. The van der Waals surface area contributed by atoms with Crippen molar-refractivity contribution in [3.63, 3.8) is 0 Å². The molecule has 1 aliphatic carbocycles. The van der Waals surface area contributed by atoms with Gasteiger partial charge in [-0.3, -0.25) is 14.8 Å². The molecule has 4 rings (SSSR count). The highest BCUT2D eigenvalue weighted by atomic mass is 16.5. The van der Waals surface area contributed by atoms with E-state index in [1.807, 2.05) is 4.90 Å². The molecular formula is C21H30N4O3. The van der Waals surface area contributed by atoms with E-state index in [-0.39, 0.29) is 23.3 Å². The fraction of sp³-hybridized carbons (Fsp3) is 0.619. The summed E-state index contributed by atoms with van der Waals surface area (Å²) in [5.41, 5.74) is 4.20. The van der Waals surface area contributed by atoms with E-state index in [1.165, 1.54) is 11.3 Å². The molecule has 0 aromatic heterocycles. The molecule has 2 heterocycles. The monoisotopic (exact) mass is 386 g/mol. The molecule has 0 bridgehead atoms. The van der Waals surface area contributed by atoms with E-state index in [0.717, 1.165) is 26.1 Å². The van der Waals surface area contributed by atoms with Gasteiger partial charge in [0.25, 0.3) is 0 Å². The summed E-state index contributed by atoms with van der Waals surface area (Å²) in [6, 6.07) is 8.43. The molecule has 0 radical (unpaired) electrons. The van der Waals surface area contributed by atoms with E-state index >= 15 is 0 Å². The van der Waals surface area contributed by atoms with Crippen molar-refractivity contribution in [3.05, 3.63) is 29.8 Å². The molecule has 3 N–H and O–H groups in total. The van der Waals surface area contributed by atoms with E-state index in [9.17, 15) is 14.8 Å². The van der Waals surface area contributed by atoms with Crippen LogP contribution in [-0.4, -0.2) is 60.2 Å². The molecule has 7 nitrogen and oxygen atoms in total. The molecule has 1 aromatic carbocycles. The molecule has 2 saturated heterocycles. The molecule has 4 atom stereocenters. The Morgan fingerprint density at radius 1 is 1.21 bits per heavy atom. The summed E-state index contributed by atoms with van der Waals surface area (Å²) >= 11 is 0. The molecule has 3 fully saturated rings. The molecule has 152 valence electrons. The van der Waals surface area contributed by atoms with Crippen molar-refractivity contribution in [2.45, 2.75) is 32.2 Å². The van der Waals surface area contributed by atoms with Crippen molar-refractivity contribution >= 4 is 17.5 Å². The van der Waals surface area contributed by atoms with Crippen LogP contribution >= 0.6 is 0 Å². The maximum Gasteiger partial charge on any atom is 0.247 e. The Bertz CT molecular complexity index is 756. The summed E-state index contributed by atoms with van der Waals surface area (Å²) in [4.78, 5) is 29.9. The Hall–Kier alpha value is -2.12. The Balaban J connectivity index is 1.44. The van der Waals surface area contributed by atoms with Crippen LogP contribution in [0.3, 0.4) is 0 Å². The topological polar surface area (TPSA) is 94.8 Å². The summed E-state index contributed by atoms with van der Waals surface area (Å²) < 4.78 is 0. The van der Waals surface area contributed by atoms with Crippen LogP contribution in [0, 0.1) is 24.7 Å². The number of rotatable bonds is 3. The first-order valence-corrected chi connectivity index (χ1v) is 10.2. The molecule has 2 unspecified atom stereocenters. The van der Waals surface area contributed by atoms with Crippen molar-refractivity contribution in [2.75, 3.05) is 37.6 Å².